The maximum atomic E-state index is 11.5. The molecule has 1 aromatic heterocycles. The molecule has 0 spiro atoms. The number of nitrogens with zero attached hydrogens (tertiary/aromatic N) is 3. The highest BCUT2D eigenvalue weighted by molar-refractivity contribution is 7.84. The van der Waals surface area contributed by atoms with E-state index in [1.165, 1.54) is 0 Å². The molecule has 1 fully saturated rings. The Morgan fingerprint density at radius 2 is 2.30 bits per heavy atom. The van der Waals surface area contributed by atoms with Crippen molar-refractivity contribution < 1.29 is 9.00 Å². The second-order valence-electron chi connectivity index (χ2n) is 4.95. The highest BCUT2D eigenvalue weighted by Gasteiger charge is 2.32. The number of carbonyl (C=O) groups excluding carboxylic acids is 1. The molecular formula is C13H20N4O2S. The lowest BCUT2D eigenvalue weighted by atomic mass is 9.99. The van der Waals surface area contributed by atoms with E-state index in [0.717, 1.165) is 24.5 Å². The van der Waals surface area contributed by atoms with Gasteiger partial charge in [0.1, 0.15) is 11.6 Å². The fourth-order valence-corrected chi connectivity index (χ4v) is 2.64. The summed E-state index contributed by atoms with van der Waals surface area (Å²) in [4.78, 5) is 22.0. The van der Waals surface area contributed by atoms with Crippen LogP contribution in [0.3, 0.4) is 0 Å². The highest BCUT2D eigenvalue weighted by atomic mass is 32.2. The van der Waals surface area contributed by atoms with Crippen molar-refractivity contribution in [1.29, 1.82) is 0 Å². The van der Waals surface area contributed by atoms with Gasteiger partial charge in [-0.2, -0.15) is 0 Å². The average Bonchev–Trinajstić information content (AvgIpc) is 2.24. The molecule has 110 valence electrons. The molecule has 0 aromatic carbocycles. The van der Waals surface area contributed by atoms with Crippen molar-refractivity contribution in [2.75, 3.05) is 30.4 Å². The third-order valence-corrected chi connectivity index (χ3v) is 4.10. The number of amides is 1. The van der Waals surface area contributed by atoms with E-state index >= 15 is 0 Å². The molecule has 7 heteroatoms. The van der Waals surface area contributed by atoms with E-state index in [2.05, 4.69) is 15.3 Å². The lowest BCUT2D eigenvalue weighted by Gasteiger charge is -2.40. The van der Waals surface area contributed by atoms with Gasteiger partial charge in [0.25, 0.3) is 0 Å². The number of rotatable bonds is 5. The molecule has 1 amide bonds. The third kappa shape index (κ3) is 3.53. The maximum absolute atomic E-state index is 11.5. The first-order valence-corrected chi connectivity index (χ1v) is 8.37. The molecule has 0 saturated carbocycles. The minimum atomic E-state index is -0.820. The van der Waals surface area contributed by atoms with E-state index < -0.39 is 10.8 Å². The number of carbonyl (C=O) groups is 1. The number of anilines is 1. The predicted molar refractivity (Wildman–Crippen MR) is 78.9 cm³/mol. The van der Waals surface area contributed by atoms with Gasteiger partial charge in [-0.25, -0.2) is 9.97 Å². The molecule has 1 aliphatic heterocycles. The summed E-state index contributed by atoms with van der Waals surface area (Å²) < 4.78 is 11.0. The van der Waals surface area contributed by atoms with Gasteiger partial charge in [-0.3, -0.25) is 9.00 Å². The van der Waals surface area contributed by atoms with Crippen molar-refractivity contribution in [2.24, 2.45) is 0 Å². The molecular weight excluding hydrogens is 276 g/mol. The van der Waals surface area contributed by atoms with Crippen LogP contribution in [0.4, 0.5) is 5.82 Å². The van der Waals surface area contributed by atoms with Gasteiger partial charge < -0.3 is 10.2 Å². The molecule has 2 atom stereocenters. The van der Waals surface area contributed by atoms with E-state index in [-0.39, 0.29) is 11.9 Å². The summed E-state index contributed by atoms with van der Waals surface area (Å²) >= 11 is 0. The molecule has 0 aliphatic carbocycles. The summed E-state index contributed by atoms with van der Waals surface area (Å²) in [5.74, 6) is 2.07. The molecule has 1 aliphatic rings. The van der Waals surface area contributed by atoms with Crippen molar-refractivity contribution in [1.82, 2.24) is 14.9 Å². The van der Waals surface area contributed by atoms with Crippen molar-refractivity contribution in [3.8, 4) is 0 Å². The van der Waals surface area contributed by atoms with Gasteiger partial charge >= 0.3 is 0 Å². The number of hydrogen-bond donors (Lipinski definition) is 1. The van der Waals surface area contributed by atoms with Gasteiger partial charge in [0.05, 0.1) is 11.7 Å². The fraction of sp³-hybridized carbons (Fsp3) is 0.615. The van der Waals surface area contributed by atoms with E-state index in [1.54, 1.807) is 13.2 Å². The van der Waals surface area contributed by atoms with Gasteiger partial charge in [0.2, 0.25) is 5.91 Å². The summed E-state index contributed by atoms with van der Waals surface area (Å²) in [7, 11) is -0.820. The van der Waals surface area contributed by atoms with Crippen LogP contribution in [0.2, 0.25) is 0 Å². The van der Waals surface area contributed by atoms with E-state index in [0.29, 0.717) is 18.1 Å². The monoisotopic (exact) mass is 296 g/mol. The zero-order valence-electron chi connectivity index (χ0n) is 12.0. The Morgan fingerprint density at radius 1 is 1.55 bits per heavy atom. The van der Waals surface area contributed by atoms with Crippen LogP contribution in [0.15, 0.2) is 6.07 Å². The largest absolute Gasteiger partial charge is 0.369 e. The SMILES string of the molecule is CC(=O)N1CC[C@@H]1c1cc(NCC[S@@](C)=O)nc(C)n1. The van der Waals surface area contributed by atoms with Gasteiger partial charge in [-0.1, -0.05) is 0 Å². The van der Waals surface area contributed by atoms with Crippen molar-refractivity contribution in [3.05, 3.63) is 17.6 Å². The molecule has 2 rings (SSSR count). The minimum absolute atomic E-state index is 0.0649. The summed E-state index contributed by atoms with van der Waals surface area (Å²) in [6.07, 6.45) is 2.62. The molecule has 1 saturated heterocycles. The number of hydrogen-bond acceptors (Lipinski definition) is 5. The van der Waals surface area contributed by atoms with Gasteiger partial charge in [0.15, 0.2) is 0 Å². The first-order chi connectivity index (χ1) is 9.47. The Hall–Kier alpha value is -1.50. The van der Waals surface area contributed by atoms with E-state index in [1.807, 2.05) is 17.9 Å². The quantitative estimate of drug-likeness (QED) is 0.872. The first kappa shape index (κ1) is 14.9. The van der Waals surface area contributed by atoms with Gasteiger partial charge in [-0.15, -0.1) is 0 Å². The average molecular weight is 296 g/mol. The lowest BCUT2D eigenvalue weighted by Crippen LogP contribution is -2.44. The van der Waals surface area contributed by atoms with Crippen LogP contribution >= 0.6 is 0 Å². The molecule has 0 unspecified atom stereocenters. The summed E-state index contributed by atoms with van der Waals surface area (Å²) in [5.41, 5.74) is 0.874. The minimum Gasteiger partial charge on any atom is -0.369 e. The second kappa shape index (κ2) is 6.30. The van der Waals surface area contributed by atoms with Crippen LogP contribution in [0.1, 0.15) is 30.9 Å². The maximum Gasteiger partial charge on any atom is 0.220 e. The zero-order valence-corrected chi connectivity index (χ0v) is 12.9. The van der Waals surface area contributed by atoms with Crippen LogP contribution in [-0.2, 0) is 15.6 Å². The summed E-state index contributed by atoms with van der Waals surface area (Å²) in [6.45, 7) is 4.82. The van der Waals surface area contributed by atoms with Crippen LogP contribution in [0.25, 0.3) is 0 Å². The molecule has 6 nitrogen and oxygen atoms in total. The van der Waals surface area contributed by atoms with Crippen LogP contribution < -0.4 is 5.32 Å². The Labute approximate surface area is 121 Å². The Morgan fingerprint density at radius 3 is 2.85 bits per heavy atom. The zero-order chi connectivity index (χ0) is 14.7. The van der Waals surface area contributed by atoms with Crippen molar-refractivity contribution >= 4 is 22.5 Å². The number of nitrogens with one attached hydrogen (secondary N) is 1. The van der Waals surface area contributed by atoms with Crippen LogP contribution in [-0.4, -0.2) is 50.1 Å². The lowest BCUT2D eigenvalue weighted by molar-refractivity contribution is -0.136. The van der Waals surface area contributed by atoms with Crippen LogP contribution in [0, 0.1) is 6.92 Å². The second-order valence-corrected chi connectivity index (χ2v) is 6.50. The number of aromatic nitrogens is 2. The molecule has 20 heavy (non-hydrogen) atoms. The van der Waals surface area contributed by atoms with E-state index in [4.69, 9.17) is 0 Å². The van der Waals surface area contributed by atoms with Gasteiger partial charge in [0, 0.05) is 48.9 Å². The summed E-state index contributed by atoms with van der Waals surface area (Å²) in [6, 6.07) is 1.95. The molecule has 1 N–H and O–H groups in total. The molecule has 2 heterocycles. The number of aryl methyl sites for hydroxylation is 1. The smallest absolute Gasteiger partial charge is 0.220 e. The topological polar surface area (TPSA) is 75.2 Å². The van der Waals surface area contributed by atoms with Crippen molar-refractivity contribution in [3.63, 3.8) is 0 Å². The van der Waals surface area contributed by atoms with Crippen molar-refractivity contribution in [2.45, 2.75) is 26.3 Å². The molecule has 0 radical (unpaired) electrons. The van der Waals surface area contributed by atoms with Gasteiger partial charge in [-0.05, 0) is 13.3 Å². The van der Waals surface area contributed by atoms with E-state index in [9.17, 15) is 9.00 Å². The normalized spacial score (nSPS) is 19.4. The summed E-state index contributed by atoms with van der Waals surface area (Å²) in [5, 5.41) is 3.16. The first-order valence-electron chi connectivity index (χ1n) is 6.64. The highest BCUT2D eigenvalue weighted by Crippen LogP contribution is 2.32. The predicted octanol–water partition coefficient (Wildman–Crippen LogP) is 0.869. The molecule has 1 aromatic rings. The van der Waals surface area contributed by atoms with Crippen LogP contribution in [0.5, 0.6) is 0 Å². The number of likely N-dealkylation sites (tertiary alicyclic amines) is 1. The Balaban J connectivity index is 2.08. The standard InChI is InChI=1S/C13H20N4O2S/c1-9-15-11(12-4-6-17(12)10(2)18)8-13(16-9)14-5-7-20(3)19/h8,12H,4-7H2,1-3H3,(H,14,15,16)/t12-,20-/m1/s1. The Bertz CT molecular complexity index is 535. The third-order valence-electron chi connectivity index (χ3n) is 3.32. The molecule has 0 bridgehead atoms. The fourth-order valence-electron chi connectivity index (χ4n) is 2.25. The Kier molecular flexibility index (Phi) is 4.69.